The molecule has 1 atom stereocenters. The summed E-state index contributed by atoms with van der Waals surface area (Å²) in [6.07, 6.45) is -1.45. The molecule has 1 N–H and O–H groups in total. The van der Waals surface area contributed by atoms with Gasteiger partial charge in [0.2, 0.25) is 0 Å². The minimum atomic E-state index is -4.36. The second-order valence-corrected chi connectivity index (χ2v) is 7.84. The highest BCUT2D eigenvalue weighted by Gasteiger charge is 2.42. The summed E-state index contributed by atoms with van der Waals surface area (Å²) >= 11 is 0. The Hall–Kier alpha value is -1.07. The van der Waals surface area contributed by atoms with Gasteiger partial charge in [-0.3, -0.25) is 4.99 Å². The van der Waals surface area contributed by atoms with Crippen LogP contribution in [0, 0.1) is 5.41 Å². The minimum Gasteiger partial charge on any atom is -0.385 e. The number of alkyl halides is 3. The van der Waals surface area contributed by atoms with E-state index in [9.17, 15) is 13.2 Å². The van der Waals surface area contributed by atoms with Crippen LogP contribution in [0.5, 0.6) is 0 Å². The Bertz CT molecular complexity index is 711. The zero-order valence-electron chi connectivity index (χ0n) is 17.5. The Morgan fingerprint density at radius 3 is 2.77 bits per heavy atom. The third-order valence-corrected chi connectivity index (χ3v) is 5.64. The number of aliphatic imine (C=N–C) groups is 1. The van der Waals surface area contributed by atoms with Crippen LogP contribution >= 0.6 is 24.0 Å². The molecule has 3 rings (SSSR count). The molecule has 1 heterocycles. The Kier molecular flexibility index (Phi) is 9.23. The van der Waals surface area contributed by atoms with Gasteiger partial charge in [0.05, 0.1) is 18.7 Å². The SMILES string of the molecule is CCNC(=NCC1(CCOC)CC1)N1CCOC(c2cccc(C(F)(F)F)c2)C1.I. The van der Waals surface area contributed by atoms with E-state index in [4.69, 9.17) is 14.5 Å². The van der Waals surface area contributed by atoms with Gasteiger partial charge in [-0.05, 0) is 49.3 Å². The van der Waals surface area contributed by atoms with Crippen LogP contribution in [0.15, 0.2) is 29.3 Å². The second kappa shape index (κ2) is 11.0. The zero-order chi connectivity index (χ0) is 20.9. The van der Waals surface area contributed by atoms with Crippen molar-refractivity contribution in [1.82, 2.24) is 10.2 Å². The molecule has 0 amide bonds. The van der Waals surface area contributed by atoms with Crippen molar-refractivity contribution in [3.05, 3.63) is 35.4 Å². The van der Waals surface area contributed by atoms with Gasteiger partial charge in [-0.15, -0.1) is 24.0 Å². The van der Waals surface area contributed by atoms with Crippen molar-refractivity contribution in [2.75, 3.05) is 46.5 Å². The first-order valence-electron chi connectivity index (χ1n) is 10.2. The summed E-state index contributed by atoms with van der Waals surface area (Å²) in [4.78, 5) is 6.94. The number of methoxy groups -OCH3 is 1. The molecule has 0 spiro atoms. The number of hydrogen-bond donors (Lipinski definition) is 1. The summed E-state index contributed by atoms with van der Waals surface area (Å²) in [6.45, 7) is 5.80. The standard InChI is InChI=1S/C21H30F3N3O2.HI/c1-3-25-19(26-15-20(7-8-20)9-11-28-2)27-10-12-29-18(14-27)16-5-4-6-17(13-16)21(22,23)24;/h4-6,13,18H,3,7-12,14-15H2,1-2H3,(H,25,26);1H. The quantitative estimate of drug-likeness (QED) is 0.314. The van der Waals surface area contributed by atoms with Crippen molar-refractivity contribution in [1.29, 1.82) is 0 Å². The molecule has 0 bridgehead atoms. The molecule has 0 radical (unpaired) electrons. The molecule has 5 nitrogen and oxygen atoms in total. The molecule has 1 unspecified atom stereocenters. The monoisotopic (exact) mass is 541 g/mol. The maximum atomic E-state index is 13.1. The van der Waals surface area contributed by atoms with Gasteiger partial charge in [-0.2, -0.15) is 13.2 Å². The third kappa shape index (κ3) is 6.71. The molecule has 30 heavy (non-hydrogen) atoms. The predicted octanol–water partition coefficient (Wildman–Crippen LogP) is 4.48. The average Bonchev–Trinajstić information content (AvgIpc) is 3.49. The van der Waals surface area contributed by atoms with Crippen molar-refractivity contribution < 1.29 is 22.6 Å². The first-order chi connectivity index (χ1) is 13.9. The normalized spacial score (nSPS) is 21.2. The lowest BCUT2D eigenvalue weighted by Crippen LogP contribution is -2.48. The van der Waals surface area contributed by atoms with Gasteiger partial charge in [0.25, 0.3) is 0 Å². The number of ether oxygens (including phenoxy) is 2. The predicted molar refractivity (Wildman–Crippen MR) is 121 cm³/mol. The number of guanidine groups is 1. The Labute approximate surface area is 193 Å². The Morgan fingerprint density at radius 1 is 1.37 bits per heavy atom. The van der Waals surface area contributed by atoms with Crippen molar-refractivity contribution in [2.24, 2.45) is 10.4 Å². The van der Waals surface area contributed by atoms with Gasteiger partial charge < -0.3 is 19.7 Å². The van der Waals surface area contributed by atoms with Crippen LogP contribution in [-0.2, 0) is 15.7 Å². The highest BCUT2D eigenvalue weighted by Crippen LogP contribution is 2.49. The van der Waals surface area contributed by atoms with E-state index in [1.165, 1.54) is 12.1 Å². The van der Waals surface area contributed by atoms with Crippen molar-refractivity contribution >= 4 is 29.9 Å². The average molecular weight is 541 g/mol. The molecule has 1 aliphatic carbocycles. The molecule has 2 aliphatic rings. The smallest absolute Gasteiger partial charge is 0.385 e. The minimum absolute atomic E-state index is 0. The van der Waals surface area contributed by atoms with Crippen LogP contribution in [0.4, 0.5) is 13.2 Å². The maximum Gasteiger partial charge on any atom is 0.416 e. The lowest BCUT2D eigenvalue weighted by Gasteiger charge is -2.35. The van der Waals surface area contributed by atoms with E-state index in [1.807, 2.05) is 6.92 Å². The lowest BCUT2D eigenvalue weighted by molar-refractivity contribution is -0.137. The van der Waals surface area contributed by atoms with Gasteiger partial charge in [0.15, 0.2) is 5.96 Å². The fourth-order valence-electron chi connectivity index (χ4n) is 3.61. The molecule has 1 saturated heterocycles. The van der Waals surface area contributed by atoms with Crippen LogP contribution < -0.4 is 5.32 Å². The summed E-state index contributed by atoms with van der Waals surface area (Å²) in [5.74, 6) is 0.802. The van der Waals surface area contributed by atoms with E-state index in [-0.39, 0.29) is 29.4 Å². The van der Waals surface area contributed by atoms with Crippen molar-refractivity contribution in [2.45, 2.75) is 38.5 Å². The molecule has 2 fully saturated rings. The summed E-state index contributed by atoms with van der Waals surface area (Å²) in [7, 11) is 1.71. The zero-order valence-corrected chi connectivity index (χ0v) is 19.8. The molecule has 0 aromatic heterocycles. The summed E-state index contributed by atoms with van der Waals surface area (Å²) in [5, 5.41) is 3.33. The van der Waals surface area contributed by atoms with Crippen LogP contribution in [0.1, 0.15) is 43.4 Å². The number of rotatable bonds is 7. The number of nitrogens with zero attached hydrogens (tertiary/aromatic N) is 2. The van der Waals surface area contributed by atoms with Gasteiger partial charge >= 0.3 is 6.18 Å². The molecular formula is C21H31F3IN3O2. The number of halogens is 4. The lowest BCUT2D eigenvalue weighted by atomic mass is 10.0. The van der Waals surface area contributed by atoms with Gasteiger partial charge in [-0.1, -0.05) is 12.1 Å². The summed E-state index contributed by atoms with van der Waals surface area (Å²) < 4.78 is 50.2. The molecule has 1 aromatic carbocycles. The number of morpholine rings is 1. The summed E-state index contributed by atoms with van der Waals surface area (Å²) in [6, 6.07) is 5.40. The number of benzene rings is 1. The van der Waals surface area contributed by atoms with Crippen LogP contribution in [-0.4, -0.2) is 57.4 Å². The van der Waals surface area contributed by atoms with Gasteiger partial charge in [0.1, 0.15) is 6.10 Å². The molecule has 1 aromatic rings. The first-order valence-corrected chi connectivity index (χ1v) is 10.2. The van der Waals surface area contributed by atoms with Gasteiger partial charge in [-0.25, -0.2) is 0 Å². The van der Waals surface area contributed by atoms with Crippen LogP contribution in [0.25, 0.3) is 0 Å². The van der Waals surface area contributed by atoms with E-state index in [1.54, 1.807) is 13.2 Å². The molecular weight excluding hydrogens is 510 g/mol. The van der Waals surface area contributed by atoms with E-state index in [2.05, 4.69) is 10.2 Å². The fourth-order valence-corrected chi connectivity index (χ4v) is 3.61. The largest absolute Gasteiger partial charge is 0.416 e. The van der Waals surface area contributed by atoms with E-state index < -0.39 is 17.8 Å². The first kappa shape index (κ1) is 25.2. The highest BCUT2D eigenvalue weighted by molar-refractivity contribution is 14.0. The summed E-state index contributed by atoms with van der Waals surface area (Å²) in [5.41, 5.74) is 0.132. The maximum absolute atomic E-state index is 13.1. The molecule has 170 valence electrons. The fraction of sp³-hybridized carbons (Fsp3) is 0.667. The van der Waals surface area contributed by atoms with Gasteiger partial charge in [0, 0.05) is 33.4 Å². The van der Waals surface area contributed by atoms with Crippen molar-refractivity contribution in [3.8, 4) is 0 Å². The van der Waals surface area contributed by atoms with Crippen LogP contribution in [0.2, 0.25) is 0 Å². The van der Waals surface area contributed by atoms with E-state index >= 15 is 0 Å². The number of hydrogen-bond acceptors (Lipinski definition) is 3. The molecule has 1 saturated carbocycles. The van der Waals surface area contributed by atoms with E-state index in [0.717, 1.165) is 51.0 Å². The van der Waals surface area contributed by atoms with E-state index in [0.29, 0.717) is 25.3 Å². The van der Waals surface area contributed by atoms with Crippen molar-refractivity contribution in [3.63, 3.8) is 0 Å². The third-order valence-electron chi connectivity index (χ3n) is 5.64. The highest BCUT2D eigenvalue weighted by atomic mass is 127. The number of nitrogens with one attached hydrogen (secondary N) is 1. The van der Waals surface area contributed by atoms with Crippen LogP contribution in [0.3, 0.4) is 0 Å². The molecule has 1 aliphatic heterocycles. The topological polar surface area (TPSA) is 46.1 Å². The Morgan fingerprint density at radius 2 is 2.13 bits per heavy atom. The molecule has 9 heteroatoms. The second-order valence-electron chi connectivity index (χ2n) is 7.84. The Balaban J connectivity index is 0.00000320.